The maximum absolute atomic E-state index is 12.0. The van der Waals surface area contributed by atoms with Crippen molar-refractivity contribution >= 4 is 27.5 Å². The summed E-state index contributed by atoms with van der Waals surface area (Å²) in [5.74, 6) is -0.0190. The van der Waals surface area contributed by atoms with Gasteiger partial charge in [-0.05, 0) is 31.0 Å². The third kappa shape index (κ3) is 3.94. The van der Waals surface area contributed by atoms with E-state index in [1.807, 2.05) is 0 Å². The number of hydrogen-bond acceptors (Lipinski definition) is 3. The summed E-state index contributed by atoms with van der Waals surface area (Å²) < 4.78 is 26.6. The molecule has 1 aliphatic carbocycles. The van der Waals surface area contributed by atoms with E-state index < -0.39 is 10.0 Å². The van der Waals surface area contributed by atoms with Crippen molar-refractivity contribution in [1.29, 1.82) is 0 Å². The average Bonchev–Trinajstić information content (AvgIpc) is 3.18. The predicted octanol–water partition coefficient (Wildman–Crippen LogP) is 1.63. The zero-order valence-corrected chi connectivity index (χ0v) is 12.7. The van der Waals surface area contributed by atoms with Crippen LogP contribution in [-0.2, 0) is 14.8 Å². The topological polar surface area (TPSA) is 66.5 Å². The van der Waals surface area contributed by atoms with Crippen molar-refractivity contribution in [3.63, 3.8) is 0 Å². The Bertz CT molecular complexity index is 599. The first-order valence-corrected chi connectivity index (χ1v) is 8.29. The largest absolute Gasteiger partial charge is 0.339 e. The maximum Gasteiger partial charge on any atom is 0.240 e. The molecule has 1 aromatic carbocycles. The quantitative estimate of drug-likeness (QED) is 0.867. The molecule has 1 N–H and O–H groups in total. The van der Waals surface area contributed by atoms with Crippen molar-refractivity contribution in [2.45, 2.75) is 30.7 Å². The summed E-state index contributed by atoms with van der Waals surface area (Å²) in [5.41, 5.74) is 0. The molecule has 0 bridgehead atoms. The molecule has 1 saturated carbocycles. The molecule has 1 fully saturated rings. The van der Waals surface area contributed by atoms with Gasteiger partial charge in [-0.2, -0.15) is 0 Å². The van der Waals surface area contributed by atoms with E-state index in [2.05, 4.69) is 4.72 Å². The van der Waals surface area contributed by atoms with Crippen molar-refractivity contribution in [3.05, 3.63) is 29.3 Å². The lowest BCUT2D eigenvalue weighted by molar-refractivity contribution is -0.129. The first-order chi connectivity index (χ1) is 9.40. The number of nitrogens with one attached hydrogen (secondary N) is 1. The Kier molecular flexibility index (Phi) is 4.67. The van der Waals surface area contributed by atoms with Gasteiger partial charge in [0.15, 0.2) is 0 Å². The summed E-state index contributed by atoms with van der Waals surface area (Å²) in [4.78, 5) is 13.3. The van der Waals surface area contributed by atoms with Gasteiger partial charge in [0.25, 0.3) is 0 Å². The molecule has 1 aliphatic rings. The second-order valence-corrected chi connectivity index (χ2v) is 7.00. The van der Waals surface area contributed by atoms with Gasteiger partial charge in [-0.15, -0.1) is 0 Å². The Hall–Kier alpha value is -1.11. The van der Waals surface area contributed by atoms with Crippen LogP contribution in [0, 0.1) is 0 Å². The van der Waals surface area contributed by atoms with E-state index in [-0.39, 0.29) is 23.4 Å². The van der Waals surface area contributed by atoms with E-state index >= 15 is 0 Å². The number of carbonyl (C=O) groups excluding carboxylic acids is 1. The van der Waals surface area contributed by atoms with Gasteiger partial charge in [-0.25, -0.2) is 13.1 Å². The van der Waals surface area contributed by atoms with Crippen LogP contribution in [0.5, 0.6) is 0 Å². The molecule has 1 amide bonds. The van der Waals surface area contributed by atoms with Crippen LogP contribution in [0.4, 0.5) is 0 Å². The molecule has 0 atom stereocenters. The molecule has 1 aromatic rings. The molecule has 0 aromatic heterocycles. The summed E-state index contributed by atoms with van der Waals surface area (Å²) in [6.45, 7) is 2.09. The average molecular weight is 317 g/mol. The third-order valence-corrected chi connectivity index (χ3v) is 4.84. The van der Waals surface area contributed by atoms with Crippen LogP contribution in [0.25, 0.3) is 0 Å². The van der Waals surface area contributed by atoms with Crippen molar-refractivity contribution in [3.8, 4) is 0 Å². The van der Waals surface area contributed by atoms with Crippen LogP contribution >= 0.6 is 11.6 Å². The van der Waals surface area contributed by atoms with Crippen LogP contribution in [0.3, 0.4) is 0 Å². The highest BCUT2D eigenvalue weighted by atomic mass is 35.5. The SMILES string of the molecule is CC(=O)N(CCNS(=O)(=O)c1cccc(Cl)c1)C1CC1. The number of hydrogen-bond donors (Lipinski definition) is 1. The molecule has 0 heterocycles. The second kappa shape index (κ2) is 6.11. The van der Waals surface area contributed by atoms with Crippen molar-refractivity contribution in [2.24, 2.45) is 0 Å². The zero-order valence-electron chi connectivity index (χ0n) is 11.2. The molecule has 0 spiro atoms. The van der Waals surface area contributed by atoms with Crippen LogP contribution < -0.4 is 4.72 Å². The zero-order chi connectivity index (χ0) is 14.8. The molecule has 20 heavy (non-hydrogen) atoms. The fourth-order valence-corrected chi connectivity index (χ4v) is 3.32. The van der Waals surface area contributed by atoms with Gasteiger partial charge in [-0.3, -0.25) is 4.79 Å². The molecule has 7 heteroatoms. The molecular weight excluding hydrogens is 300 g/mol. The lowest BCUT2D eigenvalue weighted by Crippen LogP contribution is -2.38. The summed E-state index contributed by atoms with van der Waals surface area (Å²) in [6, 6.07) is 6.36. The summed E-state index contributed by atoms with van der Waals surface area (Å²) >= 11 is 5.78. The molecule has 110 valence electrons. The number of nitrogens with zero attached hydrogens (tertiary/aromatic N) is 1. The van der Waals surface area contributed by atoms with Crippen LogP contribution in [0.1, 0.15) is 19.8 Å². The minimum atomic E-state index is -3.58. The number of carbonyl (C=O) groups is 1. The molecule has 2 rings (SSSR count). The van der Waals surface area contributed by atoms with E-state index in [4.69, 9.17) is 11.6 Å². The van der Waals surface area contributed by atoms with Crippen molar-refractivity contribution in [1.82, 2.24) is 9.62 Å². The number of halogens is 1. The molecule has 0 radical (unpaired) electrons. The number of sulfonamides is 1. The minimum Gasteiger partial charge on any atom is -0.339 e. The van der Waals surface area contributed by atoms with E-state index in [0.717, 1.165) is 12.8 Å². The summed E-state index contributed by atoms with van der Waals surface area (Å²) in [7, 11) is -3.58. The Morgan fingerprint density at radius 2 is 2.15 bits per heavy atom. The van der Waals surface area contributed by atoms with Crippen molar-refractivity contribution in [2.75, 3.05) is 13.1 Å². The first-order valence-electron chi connectivity index (χ1n) is 6.42. The fraction of sp³-hybridized carbons (Fsp3) is 0.462. The molecule has 0 saturated heterocycles. The van der Waals surface area contributed by atoms with Gasteiger partial charge < -0.3 is 4.90 Å². The van der Waals surface area contributed by atoms with Crippen LogP contribution in [0.2, 0.25) is 5.02 Å². The monoisotopic (exact) mass is 316 g/mol. The lowest BCUT2D eigenvalue weighted by atomic mass is 10.4. The highest BCUT2D eigenvalue weighted by Crippen LogP contribution is 2.26. The first kappa shape index (κ1) is 15.3. The standard InChI is InChI=1S/C13H17ClN2O3S/c1-10(17)16(12-5-6-12)8-7-15-20(18,19)13-4-2-3-11(14)9-13/h2-4,9,12,15H,5-8H2,1H3. The Morgan fingerprint density at radius 1 is 1.45 bits per heavy atom. The van der Waals surface area contributed by atoms with Gasteiger partial charge >= 0.3 is 0 Å². The van der Waals surface area contributed by atoms with Gasteiger partial charge in [0.1, 0.15) is 0 Å². The molecule has 0 unspecified atom stereocenters. The number of rotatable bonds is 6. The maximum atomic E-state index is 12.0. The van der Waals surface area contributed by atoms with Crippen molar-refractivity contribution < 1.29 is 13.2 Å². The highest BCUT2D eigenvalue weighted by Gasteiger charge is 2.30. The van der Waals surface area contributed by atoms with Crippen LogP contribution in [0.15, 0.2) is 29.2 Å². The molecule has 5 nitrogen and oxygen atoms in total. The van der Waals surface area contributed by atoms with Gasteiger partial charge in [0.2, 0.25) is 15.9 Å². The van der Waals surface area contributed by atoms with Gasteiger partial charge in [-0.1, -0.05) is 17.7 Å². The molecule has 0 aliphatic heterocycles. The number of benzene rings is 1. The Morgan fingerprint density at radius 3 is 2.70 bits per heavy atom. The van der Waals surface area contributed by atoms with E-state index in [0.29, 0.717) is 11.6 Å². The van der Waals surface area contributed by atoms with E-state index in [1.165, 1.54) is 19.1 Å². The smallest absolute Gasteiger partial charge is 0.240 e. The Labute approximate surface area is 124 Å². The van der Waals surface area contributed by atoms with Gasteiger partial charge in [0, 0.05) is 31.1 Å². The number of amides is 1. The Balaban J connectivity index is 1.94. The summed E-state index contributed by atoms with van der Waals surface area (Å²) in [6.07, 6.45) is 2.00. The normalized spacial score (nSPS) is 15.1. The third-order valence-electron chi connectivity index (χ3n) is 3.14. The minimum absolute atomic E-state index is 0.0190. The second-order valence-electron chi connectivity index (χ2n) is 4.80. The van der Waals surface area contributed by atoms with E-state index in [1.54, 1.807) is 17.0 Å². The fourth-order valence-electron chi connectivity index (χ4n) is 2.00. The van der Waals surface area contributed by atoms with Crippen LogP contribution in [-0.4, -0.2) is 38.4 Å². The molecular formula is C13H17ClN2O3S. The van der Waals surface area contributed by atoms with Gasteiger partial charge in [0.05, 0.1) is 4.90 Å². The summed E-state index contributed by atoms with van der Waals surface area (Å²) in [5, 5.41) is 0.371. The van der Waals surface area contributed by atoms with E-state index in [9.17, 15) is 13.2 Å². The lowest BCUT2D eigenvalue weighted by Gasteiger charge is -2.20. The predicted molar refractivity (Wildman–Crippen MR) is 77.0 cm³/mol. The highest BCUT2D eigenvalue weighted by molar-refractivity contribution is 7.89.